The number of hydrogen-bond acceptors (Lipinski definition) is 4. The molecule has 0 amide bonds. The Bertz CT molecular complexity index is 720. The highest BCUT2D eigenvalue weighted by molar-refractivity contribution is 7.89. The molecule has 7 heteroatoms. The van der Waals surface area contributed by atoms with Crippen molar-refractivity contribution in [3.8, 4) is 0 Å². The van der Waals surface area contributed by atoms with Gasteiger partial charge in [0.25, 0.3) is 0 Å². The van der Waals surface area contributed by atoms with Crippen molar-refractivity contribution in [2.45, 2.75) is 24.4 Å². The summed E-state index contributed by atoms with van der Waals surface area (Å²) in [6, 6.07) is 6.74. The van der Waals surface area contributed by atoms with Crippen LogP contribution in [0.25, 0.3) is 0 Å². The molecule has 3 N–H and O–H groups in total. The first kappa shape index (κ1) is 15.6. The van der Waals surface area contributed by atoms with Gasteiger partial charge in [-0.15, -0.1) is 0 Å². The molecule has 0 fully saturated rings. The Morgan fingerprint density at radius 3 is 2.52 bits per heavy atom. The third-order valence-corrected chi connectivity index (χ3v) is 4.63. The minimum absolute atomic E-state index is 0.151. The fourth-order valence-electron chi connectivity index (χ4n) is 1.91. The zero-order chi connectivity index (χ0) is 15.5. The van der Waals surface area contributed by atoms with Gasteiger partial charge < -0.3 is 5.73 Å². The molecule has 5 nitrogen and oxygen atoms in total. The minimum Gasteiger partial charge on any atom is -0.326 e. The second-order valence-corrected chi connectivity index (χ2v) is 6.27. The highest BCUT2D eigenvalue weighted by atomic mass is 32.2. The average molecular weight is 309 g/mol. The van der Waals surface area contributed by atoms with Crippen molar-refractivity contribution in [3.63, 3.8) is 0 Å². The molecular weight excluding hydrogens is 293 g/mol. The molecule has 0 saturated heterocycles. The lowest BCUT2D eigenvalue weighted by Gasteiger charge is -2.15. The fourth-order valence-corrected chi connectivity index (χ4v) is 3.20. The molecule has 0 saturated carbocycles. The maximum absolute atomic E-state index is 13.9. The summed E-state index contributed by atoms with van der Waals surface area (Å²) in [5.41, 5.74) is 6.68. The zero-order valence-corrected chi connectivity index (χ0v) is 12.3. The van der Waals surface area contributed by atoms with Crippen LogP contribution in [0, 0.1) is 5.82 Å². The zero-order valence-electron chi connectivity index (χ0n) is 11.5. The molecule has 2 aromatic rings. The van der Waals surface area contributed by atoms with Crippen LogP contribution in [0.4, 0.5) is 4.39 Å². The maximum atomic E-state index is 13.9. The Morgan fingerprint density at radius 2 is 1.95 bits per heavy atom. The van der Waals surface area contributed by atoms with Gasteiger partial charge in [-0.25, -0.2) is 17.5 Å². The summed E-state index contributed by atoms with van der Waals surface area (Å²) < 4.78 is 40.8. The topological polar surface area (TPSA) is 85.1 Å². The number of nitrogens with zero attached hydrogens (tertiary/aromatic N) is 1. The Hall–Kier alpha value is -1.83. The third-order valence-electron chi connectivity index (χ3n) is 3.06. The van der Waals surface area contributed by atoms with Crippen molar-refractivity contribution in [3.05, 3.63) is 59.7 Å². The molecule has 1 aromatic heterocycles. The molecule has 0 aliphatic heterocycles. The smallest absolute Gasteiger partial charge is 0.244 e. The molecule has 1 unspecified atom stereocenters. The van der Waals surface area contributed by atoms with Crippen molar-refractivity contribution < 1.29 is 12.8 Å². The van der Waals surface area contributed by atoms with E-state index in [2.05, 4.69) is 9.71 Å². The number of pyridine rings is 1. The average Bonchev–Trinajstić information content (AvgIpc) is 2.47. The van der Waals surface area contributed by atoms with Gasteiger partial charge in [-0.1, -0.05) is 6.07 Å². The summed E-state index contributed by atoms with van der Waals surface area (Å²) >= 11 is 0. The van der Waals surface area contributed by atoms with Crippen molar-refractivity contribution in [2.24, 2.45) is 5.73 Å². The number of rotatable bonds is 5. The lowest BCUT2D eigenvalue weighted by molar-refractivity contribution is 0.546. The summed E-state index contributed by atoms with van der Waals surface area (Å²) in [6.45, 7) is 1.83. The van der Waals surface area contributed by atoms with Crippen LogP contribution in [0.3, 0.4) is 0 Å². The van der Waals surface area contributed by atoms with Crippen LogP contribution in [-0.4, -0.2) is 13.4 Å². The van der Waals surface area contributed by atoms with Crippen molar-refractivity contribution in [1.82, 2.24) is 9.71 Å². The summed E-state index contributed by atoms with van der Waals surface area (Å²) in [5, 5.41) is 0. The fraction of sp³-hybridized carbons (Fsp3) is 0.214. The SMILES string of the molecule is CC(NS(=O)(=O)c1ccc(CN)cc1F)c1ccncc1. The van der Waals surface area contributed by atoms with Crippen LogP contribution in [-0.2, 0) is 16.6 Å². The Labute approximate surface area is 123 Å². The van der Waals surface area contributed by atoms with Crippen LogP contribution in [0.5, 0.6) is 0 Å². The summed E-state index contributed by atoms with van der Waals surface area (Å²) in [7, 11) is -3.95. The van der Waals surface area contributed by atoms with Gasteiger partial charge in [0.1, 0.15) is 10.7 Å². The molecule has 0 radical (unpaired) electrons. The van der Waals surface area contributed by atoms with Crippen LogP contribution in [0.2, 0.25) is 0 Å². The van der Waals surface area contributed by atoms with Crippen molar-refractivity contribution in [2.75, 3.05) is 0 Å². The van der Waals surface area contributed by atoms with E-state index in [1.165, 1.54) is 12.1 Å². The third kappa shape index (κ3) is 3.63. The highest BCUT2D eigenvalue weighted by Gasteiger charge is 2.22. The van der Waals surface area contributed by atoms with E-state index in [1.54, 1.807) is 31.5 Å². The van der Waals surface area contributed by atoms with E-state index in [0.717, 1.165) is 11.6 Å². The largest absolute Gasteiger partial charge is 0.326 e. The first-order valence-electron chi connectivity index (χ1n) is 6.35. The van der Waals surface area contributed by atoms with Crippen molar-refractivity contribution in [1.29, 1.82) is 0 Å². The lowest BCUT2D eigenvalue weighted by Crippen LogP contribution is -2.27. The molecule has 2 rings (SSSR count). The molecule has 0 aliphatic carbocycles. The van der Waals surface area contributed by atoms with Gasteiger partial charge in [-0.3, -0.25) is 4.98 Å². The highest BCUT2D eigenvalue weighted by Crippen LogP contribution is 2.19. The van der Waals surface area contributed by atoms with E-state index < -0.39 is 21.9 Å². The van der Waals surface area contributed by atoms with Crippen LogP contribution >= 0.6 is 0 Å². The van der Waals surface area contributed by atoms with Gasteiger partial charge in [0.15, 0.2) is 0 Å². The van der Waals surface area contributed by atoms with Gasteiger partial charge >= 0.3 is 0 Å². The molecule has 0 spiro atoms. The quantitative estimate of drug-likeness (QED) is 0.880. The molecule has 1 aromatic carbocycles. The van der Waals surface area contributed by atoms with Gasteiger partial charge in [0.2, 0.25) is 10.0 Å². The summed E-state index contributed by atoms with van der Waals surface area (Å²) in [5.74, 6) is -0.813. The molecule has 0 bridgehead atoms. The van der Waals surface area contributed by atoms with Gasteiger partial charge in [0, 0.05) is 25.0 Å². The van der Waals surface area contributed by atoms with E-state index in [-0.39, 0.29) is 11.4 Å². The van der Waals surface area contributed by atoms with E-state index in [9.17, 15) is 12.8 Å². The Morgan fingerprint density at radius 1 is 1.29 bits per heavy atom. The number of halogens is 1. The first-order chi connectivity index (χ1) is 9.94. The molecule has 112 valence electrons. The standard InChI is InChI=1S/C14H16FN3O2S/c1-10(12-4-6-17-7-5-12)18-21(19,20)14-3-2-11(9-16)8-13(14)15/h2-8,10,18H,9,16H2,1H3. The van der Waals surface area contributed by atoms with E-state index in [1.807, 2.05) is 0 Å². The van der Waals surface area contributed by atoms with E-state index in [4.69, 9.17) is 5.73 Å². The maximum Gasteiger partial charge on any atom is 0.244 e. The number of nitrogens with two attached hydrogens (primary N) is 1. The molecule has 21 heavy (non-hydrogen) atoms. The van der Waals surface area contributed by atoms with Gasteiger partial charge in [0.05, 0.1) is 0 Å². The van der Waals surface area contributed by atoms with Crippen LogP contribution in [0.1, 0.15) is 24.1 Å². The van der Waals surface area contributed by atoms with Crippen LogP contribution in [0.15, 0.2) is 47.6 Å². The number of sulfonamides is 1. The number of benzene rings is 1. The van der Waals surface area contributed by atoms with Gasteiger partial charge in [-0.2, -0.15) is 0 Å². The molecular formula is C14H16FN3O2S. The number of aromatic nitrogens is 1. The normalized spacial score (nSPS) is 13.1. The van der Waals surface area contributed by atoms with Crippen molar-refractivity contribution >= 4 is 10.0 Å². The monoisotopic (exact) mass is 309 g/mol. The number of nitrogens with one attached hydrogen (secondary N) is 1. The van der Waals surface area contributed by atoms with E-state index in [0.29, 0.717) is 5.56 Å². The van der Waals surface area contributed by atoms with Gasteiger partial charge in [-0.05, 0) is 42.3 Å². The van der Waals surface area contributed by atoms with Crippen LogP contribution < -0.4 is 10.5 Å². The second kappa shape index (κ2) is 6.30. The predicted octanol–water partition coefficient (Wildman–Crippen LogP) is 1.72. The minimum atomic E-state index is -3.95. The molecule has 1 heterocycles. The first-order valence-corrected chi connectivity index (χ1v) is 7.83. The summed E-state index contributed by atoms with van der Waals surface area (Å²) in [4.78, 5) is 3.48. The van der Waals surface area contributed by atoms with E-state index >= 15 is 0 Å². The molecule has 1 atom stereocenters. The predicted molar refractivity (Wildman–Crippen MR) is 77.3 cm³/mol. The number of hydrogen-bond donors (Lipinski definition) is 2. The molecule has 0 aliphatic rings. The summed E-state index contributed by atoms with van der Waals surface area (Å²) in [6.07, 6.45) is 3.13. The lowest BCUT2D eigenvalue weighted by atomic mass is 10.1. The Kier molecular flexibility index (Phi) is 4.66. The second-order valence-electron chi connectivity index (χ2n) is 4.59. The Balaban J connectivity index is 2.26.